The lowest BCUT2D eigenvalue weighted by molar-refractivity contribution is -0.137. The van der Waals surface area contributed by atoms with Crippen molar-refractivity contribution in [3.8, 4) is 5.88 Å². The Morgan fingerprint density at radius 1 is 1.13 bits per heavy atom. The highest BCUT2D eigenvalue weighted by molar-refractivity contribution is 7.99. The van der Waals surface area contributed by atoms with E-state index in [0.29, 0.717) is 43.3 Å². The molecule has 9 heteroatoms. The first-order chi connectivity index (χ1) is 14.4. The number of nitrogens with zero attached hydrogens (tertiary/aromatic N) is 3. The molecule has 5 nitrogen and oxygen atoms in total. The van der Waals surface area contributed by atoms with Gasteiger partial charge in [0, 0.05) is 55.4 Å². The largest absolute Gasteiger partial charge is 0.473 e. The summed E-state index contributed by atoms with van der Waals surface area (Å²) in [5.41, 5.74) is 0.368. The molecule has 160 valence electrons. The standard InChI is InChI=1S/C21H22F3N3O2S/c22-21(23,24)16-2-1-3-17(13-16)26-7-9-27(10-8-26)20(28)15-4-6-25-19(12-15)29-18-5-11-30-14-18/h1-4,6,12-13,18H,5,7-11,14H2/t18-/m0/s1. The number of halogens is 3. The predicted molar refractivity (Wildman–Crippen MR) is 110 cm³/mol. The summed E-state index contributed by atoms with van der Waals surface area (Å²) >= 11 is 1.84. The second-order valence-corrected chi connectivity index (χ2v) is 8.46. The van der Waals surface area contributed by atoms with Gasteiger partial charge in [-0.15, -0.1) is 0 Å². The van der Waals surface area contributed by atoms with Crippen molar-refractivity contribution in [3.63, 3.8) is 0 Å². The van der Waals surface area contributed by atoms with Crippen LogP contribution in [0.15, 0.2) is 42.6 Å². The molecule has 2 aliphatic rings. The topological polar surface area (TPSA) is 45.7 Å². The van der Waals surface area contributed by atoms with Crippen LogP contribution in [0.25, 0.3) is 0 Å². The maximum absolute atomic E-state index is 13.0. The Hall–Kier alpha value is -2.42. The Labute approximate surface area is 177 Å². The quantitative estimate of drug-likeness (QED) is 0.725. The zero-order chi connectivity index (χ0) is 21.1. The number of hydrogen-bond acceptors (Lipinski definition) is 5. The summed E-state index contributed by atoms with van der Waals surface area (Å²) in [6.45, 7) is 1.82. The van der Waals surface area contributed by atoms with E-state index in [4.69, 9.17) is 4.74 Å². The average molecular weight is 437 g/mol. The molecule has 0 bridgehead atoms. The first-order valence-corrected chi connectivity index (χ1v) is 11.0. The van der Waals surface area contributed by atoms with Crippen molar-refractivity contribution >= 4 is 23.4 Å². The minimum Gasteiger partial charge on any atom is -0.473 e. The molecule has 0 N–H and O–H groups in total. The van der Waals surface area contributed by atoms with Crippen LogP contribution >= 0.6 is 11.8 Å². The van der Waals surface area contributed by atoms with Gasteiger partial charge in [-0.1, -0.05) is 6.07 Å². The van der Waals surface area contributed by atoms with Crippen molar-refractivity contribution < 1.29 is 22.7 Å². The fraction of sp³-hybridized carbons (Fsp3) is 0.429. The zero-order valence-corrected chi connectivity index (χ0v) is 17.1. The Bertz CT molecular complexity index is 895. The molecular formula is C21H22F3N3O2S. The van der Waals surface area contributed by atoms with Crippen LogP contribution in [-0.4, -0.2) is 59.6 Å². The number of piperazine rings is 1. The van der Waals surface area contributed by atoms with E-state index in [2.05, 4.69) is 4.98 Å². The first kappa shape index (κ1) is 20.8. The van der Waals surface area contributed by atoms with Gasteiger partial charge in [0.1, 0.15) is 6.10 Å². The summed E-state index contributed by atoms with van der Waals surface area (Å²) in [6, 6.07) is 8.64. The number of thioether (sulfide) groups is 1. The smallest absolute Gasteiger partial charge is 0.416 e. The third-order valence-corrected chi connectivity index (χ3v) is 6.39. The predicted octanol–water partition coefficient (Wildman–Crippen LogP) is 3.95. The van der Waals surface area contributed by atoms with E-state index in [9.17, 15) is 18.0 Å². The molecule has 0 saturated carbocycles. The van der Waals surface area contributed by atoms with Crippen molar-refractivity contribution in [3.05, 3.63) is 53.7 Å². The molecule has 0 radical (unpaired) electrons. The number of benzene rings is 1. The summed E-state index contributed by atoms with van der Waals surface area (Å²) in [5.74, 6) is 2.33. The molecule has 1 aromatic heterocycles. The zero-order valence-electron chi connectivity index (χ0n) is 16.3. The van der Waals surface area contributed by atoms with Crippen molar-refractivity contribution in [2.45, 2.75) is 18.7 Å². The minimum atomic E-state index is -4.37. The lowest BCUT2D eigenvalue weighted by Crippen LogP contribution is -2.48. The highest BCUT2D eigenvalue weighted by atomic mass is 32.2. The number of aromatic nitrogens is 1. The fourth-order valence-electron chi connectivity index (χ4n) is 3.61. The van der Waals surface area contributed by atoms with Crippen LogP contribution in [0.4, 0.5) is 18.9 Å². The molecule has 2 aliphatic heterocycles. The van der Waals surface area contributed by atoms with Crippen molar-refractivity contribution in [1.82, 2.24) is 9.88 Å². The number of rotatable bonds is 4. The molecule has 1 atom stereocenters. The van der Waals surface area contributed by atoms with E-state index in [1.165, 1.54) is 6.07 Å². The van der Waals surface area contributed by atoms with Gasteiger partial charge in [-0.3, -0.25) is 4.79 Å². The summed E-state index contributed by atoms with van der Waals surface area (Å²) < 4.78 is 44.8. The van der Waals surface area contributed by atoms with Crippen LogP contribution in [0.1, 0.15) is 22.3 Å². The Balaban J connectivity index is 1.38. The number of ether oxygens (including phenoxy) is 1. The summed E-state index contributed by atoms with van der Waals surface area (Å²) in [7, 11) is 0. The number of hydrogen-bond donors (Lipinski definition) is 0. The van der Waals surface area contributed by atoms with E-state index in [1.54, 1.807) is 29.3 Å². The van der Waals surface area contributed by atoms with Gasteiger partial charge >= 0.3 is 6.18 Å². The van der Waals surface area contributed by atoms with E-state index in [-0.39, 0.29) is 12.0 Å². The number of carbonyl (C=O) groups excluding carboxylic acids is 1. The molecule has 2 aromatic rings. The maximum atomic E-state index is 13.0. The van der Waals surface area contributed by atoms with Crippen LogP contribution in [0, 0.1) is 0 Å². The molecule has 2 saturated heterocycles. The van der Waals surface area contributed by atoms with Crippen LogP contribution in [0.2, 0.25) is 0 Å². The Kier molecular flexibility index (Phi) is 6.08. The van der Waals surface area contributed by atoms with Gasteiger partial charge < -0.3 is 14.5 Å². The highest BCUT2D eigenvalue weighted by Crippen LogP contribution is 2.32. The molecule has 4 rings (SSSR count). The van der Waals surface area contributed by atoms with Gasteiger partial charge in [-0.05, 0) is 36.4 Å². The van der Waals surface area contributed by atoms with Gasteiger partial charge in [-0.25, -0.2) is 4.98 Å². The van der Waals surface area contributed by atoms with Gasteiger partial charge in [-0.2, -0.15) is 24.9 Å². The molecule has 0 aliphatic carbocycles. The number of alkyl halides is 3. The summed E-state index contributed by atoms with van der Waals surface area (Å²) in [6.07, 6.45) is -1.69. The minimum absolute atomic E-state index is 0.119. The van der Waals surface area contributed by atoms with Crippen molar-refractivity contribution in [2.24, 2.45) is 0 Å². The molecule has 2 fully saturated rings. The first-order valence-electron chi connectivity index (χ1n) is 9.82. The maximum Gasteiger partial charge on any atom is 0.416 e. The van der Waals surface area contributed by atoms with Crippen molar-refractivity contribution in [2.75, 3.05) is 42.6 Å². The number of anilines is 1. The molecule has 3 heterocycles. The monoisotopic (exact) mass is 437 g/mol. The SMILES string of the molecule is O=C(c1ccnc(O[C@H]2CCSC2)c1)N1CCN(c2cccc(C(F)(F)F)c2)CC1. The normalized spacial score (nSPS) is 19.8. The van der Waals surface area contributed by atoms with Crippen LogP contribution in [-0.2, 0) is 6.18 Å². The molecule has 30 heavy (non-hydrogen) atoms. The molecule has 1 aromatic carbocycles. The van der Waals surface area contributed by atoms with Crippen molar-refractivity contribution in [1.29, 1.82) is 0 Å². The Morgan fingerprint density at radius 3 is 2.63 bits per heavy atom. The fourth-order valence-corrected chi connectivity index (χ4v) is 4.71. The van der Waals surface area contributed by atoms with Gasteiger partial charge in [0.15, 0.2) is 0 Å². The third-order valence-electron chi connectivity index (χ3n) is 5.26. The molecule has 1 amide bonds. The van der Waals surface area contributed by atoms with Gasteiger partial charge in [0.25, 0.3) is 5.91 Å². The lowest BCUT2D eigenvalue weighted by Gasteiger charge is -2.36. The van der Waals surface area contributed by atoms with Crippen LogP contribution < -0.4 is 9.64 Å². The van der Waals surface area contributed by atoms with Crippen LogP contribution in [0.5, 0.6) is 5.88 Å². The second-order valence-electron chi connectivity index (χ2n) is 7.31. The Morgan fingerprint density at radius 2 is 1.93 bits per heavy atom. The van der Waals surface area contributed by atoms with E-state index in [1.807, 2.05) is 16.7 Å². The highest BCUT2D eigenvalue weighted by Gasteiger charge is 2.31. The van der Waals surface area contributed by atoms with E-state index in [0.717, 1.165) is 30.1 Å². The number of carbonyl (C=O) groups is 1. The number of pyridine rings is 1. The molecule has 0 unspecified atom stereocenters. The average Bonchev–Trinajstić information content (AvgIpc) is 3.26. The van der Waals surface area contributed by atoms with Crippen LogP contribution in [0.3, 0.4) is 0 Å². The number of amides is 1. The van der Waals surface area contributed by atoms with Gasteiger partial charge in [0.2, 0.25) is 5.88 Å². The lowest BCUT2D eigenvalue weighted by atomic mass is 10.1. The third kappa shape index (κ3) is 4.83. The summed E-state index contributed by atoms with van der Waals surface area (Å²) in [4.78, 5) is 20.7. The van der Waals surface area contributed by atoms with Gasteiger partial charge in [0.05, 0.1) is 5.56 Å². The molecular weight excluding hydrogens is 415 g/mol. The van der Waals surface area contributed by atoms with E-state index >= 15 is 0 Å². The van der Waals surface area contributed by atoms with E-state index < -0.39 is 11.7 Å². The molecule has 0 spiro atoms. The second kappa shape index (κ2) is 8.75. The summed E-state index contributed by atoms with van der Waals surface area (Å²) in [5, 5.41) is 0.